The van der Waals surface area contributed by atoms with Gasteiger partial charge in [-0.2, -0.15) is 0 Å². The lowest BCUT2D eigenvalue weighted by atomic mass is 10.1. The van der Waals surface area contributed by atoms with Crippen LogP contribution in [0.2, 0.25) is 0 Å². The summed E-state index contributed by atoms with van der Waals surface area (Å²) in [6.07, 6.45) is 6.98. The Bertz CT molecular complexity index is 647. The van der Waals surface area contributed by atoms with E-state index in [2.05, 4.69) is 27.6 Å². The van der Waals surface area contributed by atoms with Crippen LogP contribution in [0.4, 0.5) is 0 Å². The van der Waals surface area contributed by atoms with E-state index in [9.17, 15) is 0 Å². The van der Waals surface area contributed by atoms with E-state index in [0.29, 0.717) is 12.0 Å². The number of hydrogen-bond donors (Lipinski definition) is 0. The van der Waals surface area contributed by atoms with Crippen molar-refractivity contribution in [1.82, 2.24) is 19.4 Å². The van der Waals surface area contributed by atoms with Crippen molar-refractivity contribution in [2.45, 2.75) is 44.2 Å². The van der Waals surface area contributed by atoms with Crippen LogP contribution in [0.1, 0.15) is 37.4 Å². The first kappa shape index (κ1) is 14.2. The van der Waals surface area contributed by atoms with E-state index in [1.807, 2.05) is 12.3 Å². The summed E-state index contributed by atoms with van der Waals surface area (Å²) in [5.74, 6) is 1.72. The Balaban J connectivity index is 1.69. The molecule has 0 amide bonds. The summed E-state index contributed by atoms with van der Waals surface area (Å²) in [5, 5.41) is 0. The lowest BCUT2D eigenvalue weighted by molar-refractivity contribution is 0.00596. The molecule has 2 fully saturated rings. The Morgan fingerprint density at radius 3 is 3.05 bits per heavy atom. The van der Waals surface area contributed by atoms with Crippen molar-refractivity contribution in [3.63, 3.8) is 0 Å². The van der Waals surface area contributed by atoms with Crippen LogP contribution >= 0.6 is 0 Å². The summed E-state index contributed by atoms with van der Waals surface area (Å²) in [5.41, 5.74) is 2.03. The molecule has 2 aromatic rings. The lowest BCUT2D eigenvalue weighted by Gasteiger charge is -2.24. The number of imidazole rings is 1. The molecule has 0 radical (unpaired) electrons. The van der Waals surface area contributed by atoms with Crippen LogP contribution in [-0.4, -0.2) is 52.3 Å². The second-order valence-electron chi connectivity index (χ2n) is 6.66. The quantitative estimate of drug-likeness (QED) is 0.873. The Kier molecular flexibility index (Phi) is 3.84. The van der Waals surface area contributed by atoms with Crippen molar-refractivity contribution in [3.05, 3.63) is 24.2 Å². The minimum Gasteiger partial charge on any atom is -0.376 e. The molecule has 22 heavy (non-hydrogen) atoms. The van der Waals surface area contributed by atoms with Gasteiger partial charge in [-0.1, -0.05) is 0 Å². The molecule has 0 saturated carbocycles. The molecule has 5 nitrogen and oxygen atoms in total. The predicted octanol–water partition coefficient (Wildman–Crippen LogP) is 2.42. The van der Waals surface area contributed by atoms with Crippen LogP contribution in [0.5, 0.6) is 0 Å². The van der Waals surface area contributed by atoms with Crippen LogP contribution in [0, 0.1) is 0 Å². The van der Waals surface area contributed by atoms with Gasteiger partial charge in [0, 0.05) is 25.3 Å². The molecular formula is C17H24N4O. The number of rotatable bonds is 3. The van der Waals surface area contributed by atoms with Gasteiger partial charge < -0.3 is 14.2 Å². The van der Waals surface area contributed by atoms with E-state index in [1.54, 1.807) is 0 Å². The summed E-state index contributed by atoms with van der Waals surface area (Å²) in [6.45, 7) is 4.03. The van der Waals surface area contributed by atoms with Gasteiger partial charge in [-0.3, -0.25) is 0 Å². The lowest BCUT2D eigenvalue weighted by Crippen LogP contribution is -2.26. The maximum absolute atomic E-state index is 5.95. The molecule has 2 aliphatic heterocycles. The first-order valence-corrected chi connectivity index (χ1v) is 8.42. The van der Waals surface area contributed by atoms with Crippen LogP contribution in [0.3, 0.4) is 0 Å². The van der Waals surface area contributed by atoms with Crippen molar-refractivity contribution in [2.75, 3.05) is 26.7 Å². The average Bonchev–Trinajstić information content (AvgIpc) is 3.13. The summed E-state index contributed by atoms with van der Waals surface area (Å²) < 4.78 is 8.28. The van der Waals surface area contributed by atoms with Gasteiger partial charge in [-0.15, -0.1) is 0 Å². The number of nitrogens with zero attached hydrogens (tertiary/aromatic N) is 4. The van der Waals surface area contributed by atoms with Crippen molar-refractivity contribution in [3.8, 4) is 0 Å². The molecule has 2 aromatic heterocycles. The van der Waals surface area contributed by atoms with Gasteiger partial charge in [-0.25, -0.2) is 9.97 Å². The maximum Gasteiger partial charge on any atom is 0.160 e. The monoisotopic (exact) mass is 300 g/mol. The number of likely N-dealkylation sites (N-methyl/N-ethyl adjacent to an activating group) is 1. The summed E-state index contributed by atoms with van der Waals surface area (Å²) in [7, 11) is 2.19. The molecule has 5 heteroatoms. The molecule has 2 atom stereocenters. The van der Waals surface area contributed by atoms with Crippen LogP contribution in [-0.2, 0) is 11.3 Å². The fourth-order valence-electron chi connectivity index (χ4n) is 3.77. The Labute approximate surface area is 131 Å². The summed E-state index contributed by atoms with van der Waals surface area (Å²) in [6, 6.07) is 4.05. The molecule has 0 N–H and O–H groups in total. The van der Waals surface area contributed by atoms with E-state index < -0.39 is 0 Å². The molecule has 0 aromatic carbocycles. The van der Waals surface area contributed by atoms with Gasteiger partial charge in [0.1, 0.15) is 11.3 Å². The van der Waals surface area contributed by atoms with E-state index >= 15 is 0 Å². The molecule has 4 rings (SSSR count). The zero-order valence-electron chi connectivity index (χ0n) is 13.2. The number of aromatic nitrogens is 3. The Morgan fingerprint density at radius 1 is 1.32 bits per heavy atom. The van der Waals surface area contributed by atoms with Crippen molar-refractivity contribution in [1.29, 1.82) is 0 Å². The average molecular weight is 300 g/mol. The fourth-order valence-corrected chi connectivity index (χ4v) is 3.77. The number of ether oxygens (including phenoxy) is 1. The smallest absolute Gasteiger partial charge is 0.160 e. The summed E-state index contributed by atoms with van der Waals surface area (Å²) >= 11 is 0. The number of fused-ring (bicyclic) bond motifs is 1. The number of hydrogen-bond acceptors (Lipinski definition) is 4. The van der Waals surface area contributed by atoms with Crippen LogP contribution < -0.4 is 0 Å². The molecule has 118 valence electrons. The molecular weight excluding hydrogens is 276 g/mol. The predicted molar refractivity (Wildman–Crippen MR) is 86.0 cm³/mol. The molecule has 4 heterocycles. The topological polar surface area (TPSA) is 43.2 Å². The second kappa shape index (κ2) is 5.97. The number of pyridine rings is 1. The Hall–Kier alpha value is -1.46. The van der Waals surface area contributed by atoms with Gasteiger partial charge in [-0.05, 0) is 51.4 Å². The number of likely N-dealkylation sites (tertiary alicyclic amines) is 1. The fraction of sp³-hybridized carbons (Fsp3) is 0.647. The standard InChI is InChI=1S/C17H24N4O/c1-20-9-7-13(11-20)16-19-15-6-4-8-18-17(15)21(16)12-14-5-2-3-10-22-14/h4,6,8,13-14H,2-3,5,7,9-12H2,1H3. The van der Waals surface area contributed by atoms with Gasteiger partial charge >= 0.3 is 0 Å². The maximum atomic E-state index is 5.95. The van der Waals surface area contributed by atoms with E-state index in [-0.39, 0.29) is 0 Å². The molecule has 2 saturated heterocycles. The highest BCUT2D eigenvalue weighted by Gasteiger charge is 2.28. The van der Waals surface area contributed by atoms with E-state index in [0.717, 1.165) is 43.8 Å². The third-order valence-electron chi connectivity index (χ3n) is 4.95. The minimum atomic E-state index is 0.311. The first-order chi connectivity index (χ1) is 10.8. The largest absolute Gasteiger partial charge is 0.376 e. The molecule has 0 aliphatic carbocycles. The van der Waals surface area contributed by atoms with Crippen LogP contribution in [0.15, 0.2) is 18.3 Å². The molecule has 2 aliphatic rings. The zero-order valence-corrected chi connectivity index (χ0v) is 13.2. The van der Waals surface area contributed by atoms with E-state index in [1.165, 1.54) is 25.1 Å². The normalized spacial score (nSPS) is 26.8. The Morgan fingerprint density at radius 2 is 2.27 bits per heavy atom. The first-order valence-electron chi connectivity index (χ1n) is 8.42. The van der Waals surface area contributed by atoms with Gasteiger partial charge in [0.15, 0.2) is 5.65 Å². The van der Waals surface area contributed by atoms with Crippen molar-refractivity contribution in [2.24, 2.45) is 0 Å². The van der Waals surface area contributed by atoms with Crippen molar-refractivity contribution >= 4 is 11.2 Å². The minimum absolute atomic E-state index is 0.311. The molecule has 0 spiro atoms. The van der Waals surface area contributed by atoms with E-state index in [4.69, 9.17) is 9.72 Å². The van der Waals surface area contributed by atoms with Gasteiger partial charge in [0.05, 0.1) is 12.6 Å². The van der Waals surface area contributed by atoms with Gasteiger partial charge in [0.2, 0.25) is 0 Å². The highest BCUT2D eigenvalue weighted by atomic mass is 16.5. The zero-order chi connectivity index (χ0) is 14.9. The second-order valence-corrected chi connectivity index (χ2v) is 6.66. The molecule has 2 unspecified atom stereocenters. The third kappa shape index (κ3) is 2.63. The van der Waals surface area contributed by atoms with Crippen LogP contribution in [0.25, 0.3) is 11.2 Å². The summed E-state index contributed by atoms with van der Waals surface area (Å²) in [4.78, 5) is 11.9. The highest BCUT2D eigenvalue weighted by molar-refractivity contribution is 5.71. The van der Waals surface area contributed by atoms with Gasteiger partial charge in [0.25, 0.3) is 0 Å². The van der Waals surface area contributed by atoms with Crippen molar-refractivity contribution < 1.29 is 4.74 Å². The highest BCUT2D eigenvalue weighted by Crippen LogP contribution is 2.29. The molecule has 0 bridgehead atoms. The third-order valence-corrected chi connectivity index (χ3v) is 4.95. The SMILES string of the molecule is CN1CCC(c2nc3cccnc3n2CC2CCCCO2)C1.